The summed E-state index contributed by atoms with van der Waals surface area (Å²) in [6.07, 6.45) is 0.690. The lowest BCUT2D eigenvalue weighted by molar-refractivity contribution is -0.147. The van der Waals surface area contributed by atoms with Crippen molar-refractivity contribution in [3.8, 4) is 0 Å². The number of hydrazine groups is 1. The lowest BCUT2D eigenvalue weighted by Crippen LogP contribution is -2.70. The lowest BCUT2D eigenvalue weighted by Gasteiger charge is -2.51. The van der Waals surface area contributed by atoms with E-state index < -0.39 is 57.4 Å². The molecular weight excluding hydrogens is 462 g/mol. The van der Waals surface area contributed by atoms with E-state index in [4.69, 9.17) is 4.55 Å². The SMILES string of the molecule is CC(C)(C)[C@@]1(C(=O)NNC(=O)[C@@H]2CC[C@@H]3CN2C(=O)N3OS(=O)(=O)O)CCCCN1C(=O)O. The van der Waals surface area contributed by atoms with Crippen molar-refractivity contribution < 1.29 is 41.5 Å². The standard InChI is InChI=1S/C18H29N5O9S/c1-17(2,3)18(8-4-5-9-22(18)16(27)28)14(25)20-19-13(24)12-7-6-11-10-21(12)15(26)23(11)32-33(29,30)31/h11-12H,4-10H2,1-3H3,(H,19,24)(H,20,25)(H,27,28)(H,29,30,31)/t11-,12+,18+/m1/s1. The number of nitrogens with one attached hydrogen (secondary N) is 2. The number of carbonyl (C=O) groups excluding carboxylic acids is 3. The Labute approximate surface area is 191 Å². The fourth-order valence-corrected chi connectivity index (χ4v) is 5.39. The Morgan fingerprint density at radius 3 is 2.39 bits per heavy atom. The maximum Gasteiger partial charge on any atom is 0.418 e. The number of likely N-dealkylation sites (tertiary alicyclic amines) is 1. The first kappa shape index (κ1) is 25.0. The van der Waals surface area contributed by atoms with Gasteiger partial charge in [-0.25, -0.2) is 9.59 Å². The molecule has 0 aromatic rings. The van der Waals surface area contributed by atoms with Crippen LogP contribution in [0.1, 0.15) is 52.9 Å². The summed E-state index contributed by atoms with van der Waals surface area (Å²) in [5, 5.41) is 10.2. The van der Waals surface area contributed by atoms with Gasteiger partial charge in [0.05, 0.1) is 6.04 Å². The molecule has 0 saturated carbocycles. The van der Waals surface area contributed by atoms with E-state index in [0.29, 0.717) is 17.9 Å². The number of fused-ring (bicyclic) bond motifs is 2. The lowest BCUT2D eigenvalue weighted by atomic mass is 9.67. The van der Waals surface area contributed by atoms with Crippen LogP contribution < -0.4 is 10.9 Å². The van der Waals surface area contributed by atoms with Crippen LogP contribution in [-0.2, 0) is 24.3 Å². The van der Waals surface area contributed by atoms with Crippen LogP contribution in [0.15, 0.2) is 0 Å². The number of hydrogen-bond donors (Lipinski definition) is 4. The smallest absolute Gasteiger partial charge is 0.418 e. The van der Waals surface area contributed by atoms with E-state index in [9.17, 15) is 32.7 Å². The molecule has 3 rings (SSSR count). The highest BCUT2D eigenvalue weighted by molar-refractivity contribution is 7.80. The molecule has 5 amide bonds. The van der Waals surface area contributed by atoms with Gasteiger partial charge in [0.25, 0.3) is 11.8 Å². The van der Waals surface area contributed by atoms with Crippen LogP contribution in [0.3, 0.4) is 0 Å². The van der Waals surface area contributed by atoms with Crippen molar-refractivity contribution in [3.05, 3.63) is 0 Å². The van der Waals surface area contributed by atoms with Crippen molar-refractivity contribution >= 4 is 34.3 Å². The highest BCUT2D eigenvalue weighted by Gasteiger charge is 2.56. The number of amides is 5. The molecule has 3 aliphatic heterocycles. The van der Waals surface area contributed by atoms with Crippen LogP contribution in [0.5, 0.6) is 0 Å². The number of carbonyl (C=O) groups is 4. The molecular formula is C18H29N5O9S. The van der Waals surface area contributed by atoms with Gasteiger partial charge in [0.15, 0.2) is 0 Å². The molecule has 0 aromatic heterocycles. The first-order chi connectivity index (χ1) is 15.2. The van der Waals surface area contributed by atoms with Crippen molar-refractivity contribution in [1.82, 2.24) is 25.7 Å². The highest BCUT2D eigenvalue weighted by atomic mass is 32.3. The first-order valence-corrected chi connectivity index (χ1v) is 11.9. The van der Waals surface area contributed by atoms with Crippen molar-refractivity contribution in [3.63, 3.8) is 0 Å². The molecule has 33 heavy (non-hydrogen) atoms. The van der Waals surface area contributed by atoms with Crippen molar-refractivity contribution in [2.24, 2.45) is 5.41 Å². The minimum Gasteiger partial charge on any atom is -0.465 e. The normalized spacial score (nSPS) is 28.0. The Bertz CT molecular complexity index is 949. The van der Waals surface area contributed by atoms with E-state index >= 15 is 0 Å². The Morgan fingerprint density at radius 2 is 1.82 bits per heavy atom. The Balaban J connectivity index is 1.72. The number of nitrogens with zero attached hydrogens (tertiary/aromatic N) is 3. The van der Waals surface area contributed by atoms with Gasteiger partial charge in [-0.15, -0.1) is 4.28 Å². The molecule has 4 N–H and O–H groups in total. The van der Waals surface area contributed by atoms with Gasteiger partial charge in [-0.2, -0.15) is 13.5 Å². The molecule has 3 heterocycles. The first-order valence-electron chi connectivity index (χ1n) is 10.6. The maximum absolute atomic E-state index is 13.3. The number of hydrogen-bond acceptors (Lipinski definition) is 7. The molecule has 3 saturated heterocycles. The molecule has 2 bridgehead atoms. The number of carboxylic acid groups (broad SMARTS) is 1. The molecule has 15 heteroatoms. The van der Waals surface area contributed by atoms with Crippen LogP contribution in [0.25, 0.3) is 0 Å². The maximum atomic E-state index is 13.3. The van der Waals surface area contributed by atoms with Gasteiger partial charge in [0.1, 0.15) is 11.6 Å². The minimum absolute atomic E-state index is 0.000886. The Kier molecular flexibility index (Phi) is 6.52. The van der Waals surface area contributed by atoms with E-state index in [1.807, 2.05) is 0 Å². The van der Waals surface area contributed by atoms with Gasteiger partial charge < -0.3 is 10.0 Å². The second-order valence-corrected chi connectivity index (χ2v) is 10.5. The average Bonchev–Trinajstić information content (AvgIpc) is 2.94. The van der Waals surface area contributed by atoms with Gasteiger partial charge in [0.2, 0.25) is 0 Å². The summed E-state index contributed by atoms with van der Waals surface area (Å²) in [7, 11) is -4.92. The third kappa shape index (κ3) is 4.56. The van der Waals surface area contributed by atoms with Crippen molar-refractivity contribution in [1.29, 1.82) is 0 Å². The van der Waals surface area contributed by atoms with Gasteiger partial charge in [-0.1, -0.05) is 20.8 Å². The van der Waals surface area contributed by atoms with Crippen molar-refractivity contribution in [2.75, 3.05) is 13.1 Å². The number of urea groups is 1. The minimum atomic E-state index is -4.92. The molecule has 0 aromatic carbocycles. The monoisotopic (exact) mass is 491 g/mol. The zero-order valence-electron chi connectivity index (χ0n) is 18.6. The van der Waals surface area contributed by atoms with E-state index in [2.05, 4.69) is 15.1 Å². The topological polar surface area (TPSA) is 186 Å². The molecule has 0 unspecified atom stereocenters. The Hall–Kier alpha value is -2.65. The Morgan fingerprint density at radius 1 is 1.15 bits per heavy atom. The highest BCUT2D eigenvalue weighted by Crippen LogP contribution is 2.43. The summed E-state index contributed by atoms with van der Waals surface area (Å²) in [5.74, 6) is -1.39. The summed E-state index contributed by atoms with van der Waals surface area (Å²) in [5.41, 5.74) is 2.44. The number of hydroxylamine groups is 2. The zero-order valence-corrected chi connectivity index (χ0v) is 19.4. The molecule has 0 radical (unpaired) electrons. The fourth-order valence-electron chi connectivity index (χ4n) is 5.00. The van der Waals surface area contributed by atoms with E-state index in [1.165, 1.54) is 0 Å². The molecule has 14 nitrogen and oxygen atoms in total. The van der Waals surface area contributed by atoms with Crippen molar-refractivity contribution in [2.45, 2.75) is 70.5 Å². The molecule has 3 atom stereocenters. The van der Waals surface area contributed by atoms with Gasteiger partial charge in [-0.05, 0) is 37.5 Å². The zero-order chi connectivity index (χ0) is 24.8. The molecule has 186 valence electrons. The van der Waals surface area contributed by atoms with E-state index in [0.717, 1.165) is 9.80 Å². The van der Waals surface area contributed by atoms with E-state index in [1.54, 1.807) is 20.8 Å². The molecule has 3 fully saturated rings. The quantitative estimate of drug-likeness (QED) is 0.312. The summed E-state index contributed by atoms with van der Waals surface area (Å²) < 4.78 is 35.2. The summed E-state index contributed by atoms with van der Waals surface area (Å²) >= 11 is 0. The van der Waals surface area contributed by atoms with Gasteiger partial charge in [0, 0.05) is 13.1 Å². The molecule has 3 aliphatic rings. The van der Waals surface area contributed by atoms with Crippen LogP contribution in [0, 0.1) is 5.41 Å². The third-order valence-corrected chi connectivity index (χ3v) is 6.93. The average molecular weight is 492 g/mol. The van der Waals surface area contributed by atoms with Crippen LogP contribution in [0.2, 0.25) is 0 Å². The fraction of sp³-hybridized carbons (Fsp3) is 0.778. The van der Waals surface area contributed by atoms with E-state index in [-0.39, 0.29) is 32.4 Å². The third-order valence-electron chi connectivity index (χ3n) is 6.58. The predicted molar refractivity (Wildman–Crippen MR) is 110 cm³/mol. The van der Waals surface area contributed by atoms with Gasteiger partial charge in [-0.3, -0.25) is 29.9 Å². The summed E-state index contributed by atoms with van der Waals surface area (Å²) in [4.78, 5) is 52.6. The predicted octanol–water partition coefficient (Wildman–Crippen LogP) is 0.0856. The van der Waals surface area contributed by atoms with Crippen LogP contribution in [-0.4, -0.2) is 87.6 Å². The summed E-state index contributed by atoms with van der Waals surface area (Å²) in [6, 6.07) is -2.58. The second-order valence-electron chi connectivity index (χ2n) is 9.45. The largest absolute Gasteiger partial charge is 0.465 e. The van der Waals surface area contributed by atoms with Gasteiger partial charge >= 0.3 is 22.5 Å². The number of piperidine rings is 2. The number of rotatable bonds is 4. The molecule has 0 spiro atoms. The van der Waals surface area contributed by atoms with Crippen LogP contribution >= 0.6 is 0 Å². The van der Waals surface area contributed by atoms with Crippen LogP contribution in [0.4, 0.5) is 9.59 Å². The molecule has 0 aliphatic carbocycles. The second kappa shape index (κ2) is 8.61. The summed E-state index contributed by atoms with van der Waals surface area (Å²) in [6.45, 7) is 5.44.